The number of quaternary nitrogens is 1. The minimum absolute atomic E-state index is 0.124. The third kappa shape index (κ3) is 4.75. The molecule has 0 aromatic heterocycles. The Bertz CT molecular complexity index is 874. The number of nitrogens with one attached hydrogen (secondary N) is 1. The van der Waals surface area contributed by atoms with Gasteiger partial charge in [-0.05, 0) is 42.3 Å². The van der Waals surface area contributed by atoms with Crippen molar-refractivity contribution in [2.45, 2.75) is 12.8 Å². The zero-order chi connectivity index (χ0) is 20.1. The Kier molecular flexibility index (Phi) is 6.06. The maximum atomic E-state index is 11.5. The van der Waals surface area contributed by atoms with Gasteiger partial charge in [0.1, 0.15) is 0 Å². The molecule has 3 nitrogen and oxygen atoms in total. The molecule has 3 aromatic rings. The molecule has 3 heteroatoms. The third-order valence-corrected chi connectivity index (χ3v) is 6.01. The first-order valence-electron chi connectivity index (χ1n) is 10.5. The van der Waals surface area contributed by atoms with Gasteiger partial charge in [-0.2, -0.15) is 0 Å². The molecule has 1 heterocycles. The molecule has 0 aliphatic carbocycles. The van der Waals surface area contributed by atoms with Crippen molar-refractivity contribution in [1.82, 2.24) is 0 Å². The van der Waals surface area contributed by atoms with Crippen LogP contribution in [0, 0.1) is 0 Å². The molecule has 0 spiro atoms. The van der Waals surface area contributed by atoms with Gasteiger partial charge in [-0.3, -0.25) is 4.79 Å². The number of nitrogens with zero attached hydrogens (tertiary/aromatic N) is 1. The fourth-order valence-electron chi connectivity index (χ4n) is 4.28. The van der Waals surface area contributed by atoms with E-state index in [0.717, 1.165) is 38.3 Å². The molecule has 0 bridgehead atoms. The summed E-state index contributed by atoms with van der Waals surface area (Å²) in [5.41, 5.74) is 4.80. The molecule has 0 saturated carbocycles. The molecule has 29 heavy (non-hydrogen) atoms. The van der Waals surface area contributed by atoms with Crippen LogP contribution in [0.25, 0.3) is 0 Å². The summed E-state index contributed by atoms with van der Waals surface area (Å²) in [4.78, 5) is 15.6. The van der Waals surface area contributed by atoms with Crippen LogP contribution in [-0.2, 0) is 0 Å². The average Bonchev–Trinajstić information content (AvgIpc) is 2.79. The van der Waals surface area contributed by atoms with Crippen LogP contribution in [0.4, 0.5) is 5.69 Å². The van der Waals surface area contributed by atoms with E-state index in [2.05, 4.69) is 77.7 Å². The number of rotatable bonds is 6. The van der Waals surface area contributed by atoms with Gasteiger partial charge in [-0.15, -0.1) is 0 Å². The molecule has 4 rings (SSSR count). The second kappa shape index (κ2) is 9.06. The van der Waals surface area contributed by atoms with Gasteiger partial charge >= 0.3 is 0 Å². The number of ketones is 1. The van der Waals surface area contributed by atoms with E-state index >= 15 is 0 Å². The standard InChI is InChI=1S/C26H28N2O/c1-21(29)22-12-14-25(15-13-22)28-18-16-27(17-19-28)20-26(23-8-4-2-5-9-23)24-10-6-3-7-11-24/h2-15,26H,16-20H2,1H3/p+1. The number of piperazine rings is 1. The molecule has 148 valence electrons. The van der Waals surface area contributed by atoms with Gasteiger partial charge in [0.25, 0.3) is 0 Å². The Hall–Kier alpha value is -2.91. The normalized spacial score (nSPS) is 14.9. The molecular formula is C26H29N2O+. The topological polar surface area (TPSA) is 24.8 Å². The predicted molar refractivity (Wildman–Crippen MR) is 119 cm³/mol. The summed E-state index contributed by atoms with van der Waals surface area (Å²) in [5, 5.41) is 0. The van der Waals surface area contributed by atoms with Crippen molar-refractivity contribution >= 4 is 11.5 Å². The Balaban J connectivity index is 1.42. The van der Waals surface area contributed by atoms with Crippen molar-refractivity contribution in [2.24, 2.45) is 0 Å². The van der Waals surface area contributed by atoms with Crippen molar-refractivity contribution in [1.29, 1.82) is 0 Å². The molecule has 0 unspecified atom stereocenters. The molecule has 1 N–H and O–H groups in total. The van der Waals surface area contributed by atoms with E-state index in [9.17, 15) is 4.79 Å². The van der Waals surface area contributed by atoms with Gasteiger partial charge in [0, 0.05) is 11.3 Å². The second-order valence-electron chi connectivity index (χ2n) is 7.92. The summed E-state index contributed by atoms with van der Waals surface area (Å²) in [5.74, 6) is 0.549. The van der Waals surface area contributed by atoms with E-state index in [1.807, 2.05) is 12.1 Å². The van der Waals surface area contributed by atoms with Crippen molar-refractivity contribution < 1.29 is 9.69 Å². The molecule has 0 atom stereocenters. The Morgan fingerprint density at radius 2 is 1.34 bits per heavy atom. The average molecular weight is 386 g/mol. The summed E-state index contributed by atoms with van der Waals surface area (Å²) in [6.07, 6.45) is 0. The van der Waals surface area contributed by atoms with E-state index in [-0.39, 0.29) is 5.78 Å². The highest BCUT2D eigenvalue weighted by Gasteiger charge is 2.25. The first-order chi connectivity index (χ1) is 14.2. The van der Waals surface area contributed by atoms with Crippen LogP contribution in [-0.4, -0.2) is 38.5 Å². The lowest BCUT2D eigenvalue weighted by atomic mass is 9.90. The van der Waals surface area contributed by atoms with Crippen LogP contribution in [0.15, 0.2) is 84.9 Å². The van der Waals surface area contributed by atoms with Gasteiger partial charge in [0.05, 0.1) is 38.6 Å². The molecule has 1 aliphatic rings. The Morgan fingerprint density at radius 3 is 1.83 bits per heavy atom. The summed E-state index contributed by atoms with van der Waals surface area (Å²) < 4.78 is 0. The minimum Gasteiger partial charge on any atom is -0.360 e. The van der Waals surface area contributed by atoms with Crippen LogP contribution < -0.4 is 9.80 Å². The van der Waals surface area contributed by atoms with Gasteiger partial charge in [-0.25, -0.2) is 0 Å². The van der Waals surface area contributed by atoms with Crippen molar-refractivity contribution in [2.75, 3.05) is 37.6 Å². The highest BCUT2D eigenvalue weighted by molar-refractivity contribution is 5.94. The maximum absolute atomic E-state index is 11.5. The zero-order valence-electron chi connectivity index (χ0n) is 17.1. The van der Waals surface area contributed by atoms with Crippen molar-refractivity contribution in [3.8, 4) is 0 Å². The highest BCUT2D eigenvalue weighted by Crippen LogP contribution is 2.23. The molecule has 1 saturated heterocycles. The number of carbonyl (C=O) groups is 1. The minimum atomic E-state index is 0.124. The smallest absolute Gasteiger partial charge is 0.159 e. The third-order valence-electron chi connectivity index (χ3n) is 6.01. The zero-order valence-corrected chi connectivity index (χ0v) is 17.1. The summed E-state index contributed by atoms with van der Waals surface area (Å²) in [6.45, 7) is 7.09. The predicted octanol–water partition coefficient (Wildman–Crippen LogP) is 3.43. The molecular weight excluding hydrogens is 356 g/mol. The Morgan fingerprint density at radius 1 is 0.828 bits per heavy atom. The van der Waals surface area contributed by atoms with E-state index in [1.165, 1.54) is 16.8 Å². The van der Waals surface area contributed by atoms with Crippen LogP contribution in [0.1, 0.15) is 34.3 Å². The number of anilines is 1. The lowest BCUT2D eigenvalue weighted by molar-refractivity contribution is -0.901. The number of carbonyl (C=O) groups excluding carboxylic acids is 1. The van der Waals surface area contributed by atoms with Crippen molar-refractivity contribution in [3.05, 3.63) is 102 Å². The summed E-state index contributed by atoms with van der Waals surface area (Å²) in [7, 11) is 0. The van der Waals surface area contributed by atoms with Gasteiger partial charge in [0.15, 0.2) is 5.78 Å². The first-order valence-corrected chi connectivity index (χ1v) is 10.5. The molecule has 3 aromatic carbocycles. The monoisotopic (exact) mass is 385 g/mol. The number of hydrogen-bond acceptors (Lipinski definition) is 2. The van der Waals surface area contributed by atoms with Crippen molar-refractivity contribution in [3.63, 3.8) is 0 Å². The van der Waals surface area contributed by atoms with Crippen LogP contribution in [0.2, 0.25) is 0 Å². The summed E-state index contributed by atoms with van der Waals surface area (Å²) >= 11 is 0. The SMILES string of the molecule is CC(=O)c1ccc(N2CC[NH+](CC(c3ccccc3)c3ccccc3)CC2)cc1. The quantitative estimate of drug-likeness (QED) is 0.658. The van der Waals surface area contributed by atoms with Gasteiger partial charge < -0.3 is 9.80 Å². The van der Waals surface area contributed by atoms with Crippen LogP contribution >= 0.6 is 0 Å². The van der Waals surface area contributed by atoms with E-state index < -0.39 is 0 Å². The van der Waals surface area contributed by atoms with Gasteiger partial charge in [-0.1, -0.05) is 60.7 Å². The molecule has 0 radical (unpaired) electrons. The number of Topliss-reactive ketones (excluding diaryl/α,β-unsaturated/α-hetero) is 1. The lowest BCUT2D eigenvalue weighted by Gasteiger charge is -2.35. The maximum Gasteiger partial charge on any atom is 0.159 e. The number of hydrogen-bond donors (Lipinski definition) is 1. The first kappa shape index (κ1) is 19.4. The van der Waals surface area contributed by atoms with Gasteiger partial charge in [0.2, 0.25) is 0 Å². The highest BCUT2D eigenvalue weighted by atomic mass is 16.1. The lowest BCUT2D eigenvalue weighted by Crippen LogP contribution is -3.15. The molecule has 1 aliphatic heterocycles. The Labute approximate surface area is 173 Å². The molecule has 0 amide bonds. The van der Waals surface area contributed by atoms with E-state index in [1.54, 1.807) is 11.8 Å². The van der Waals surface area contributed by atoms with E-state index in [4.69, 9.17) is 0 Å². The fourth-order valence-corrected chi connectivity index (χ4v) is 4.28. The second-order valence-corrected chi connectivity index (χ2v) is 7.92. The summed E-state index contributed by atoms with van der Waals surface area (Å²) in [6, 6.07) is 29.8. The largest absolute Gasteiger partial charge is 0.360 e. The van der Waals surface area contributed by atoms with E-state index in [0.29, 0.717) is 5.92 Å². The number of benzene rings is 3. The van der Waals surface area contributed by atoms with Crippen LogP contribution in [0.3, 0.4) is 0 Å². The van der Waals surface area contributed by atoms with Crippen LogP contribution in [0.5, 0.6) is 0 Å². The molecule has 1 fully saturated rings. The fraction of sp³-hybridized carbons (Fsp3) is 0.269.